The Kier molecular flexibility index (Phi) is 3.20. The SMILES string of the molecule is COc1c(C)cc(C2CN(C)C(=O)N2C)cc1C. The van der Waals surface area contributed by atoms with E-state index in [0.29, 0.717) is 0 Å². The Morgan fingerprint density at radius 1 is 1.22 bits per heavy atom. The Balaban J connectivity index is 2.38. The second-order valence-electron chi connectivity index (χ2n) is 4.98. The number of aryl methyl sites for hydroxylation is 2. The van der Waals surface area contributed by atoms with Crippen LogP contribution in [-0.2, 0) is 0 Å². The van der Waals surface area contributed by atoms with Gasteiger partial charge in [0.15, 0.2) is 0 Å². The third kappa shape index (κ3) is 1.92. The van der Waals surface area contributed by atoms with Crippen molar-refractivity contribution >= 4 is 6.03 Å². The van der Waals surface area contributed by atoms with Gasteiger partial charge in [0.1, 0.15) is 5.75 Å². The number of urea groups is 1. The molecule has 0 N–H and O–H groups in total. The zero-order valence-electron chi connectivity index (χ0n) is 11.7. The number of rotatable bonds is 2. The van der Waals surface area contributed by atoms with E-state index in [4.69, 9.17) is 4.74 Å². The number of ether oxygens (including phenoxy) is 1. The molecule has 1 aromatic rings. The van der Waals surface area contributed by atoms with Crippen molar-refractivity contribution in [3.63, 3.8) is 0 Å². The van der Waals surface area contributed by atoms with E-state index in [0.717, 1.165) is 23.4 Å². The summed E-state index contributed by atoms with van der Waals surface area (Å²) >= 11 is 0. The highest BCUT2D eigenvalue weighted by atomic mass is 16.5. The highest BCUT2D eigenvalue weighted by Gasteiger charge is 2.33. The van der Waals surface area contributed by atoms with Crippen molar-refractivity contribution in [2.45, 2.75) is 19.9 Å². The van der Waals surface area contributed by atoms with E-state index in [1.165, 1.54) is 5.56 Å². The number of likely N-dealkylation sites (N-methyl/N-ethyl adjacent to an activating group) is 2. The maximum Gasteiger partial charge on any atom is 0.320 e. The maximum atomic E-state index is 11.8. The molecule has 0 spiro atoms. The van der Waals surface area contributed by atoms with Crippen LogP contribution in [0.1, 0.15) is 22.7 Å². The Morgan fingerprint density at radius 2 is 1.78 bits per heavy atom. The molecule has 1 atom stereocenters. The smallest absolute Gasteiger partial charge is 0.320 e. The Morgan fingerprint density at radius 3 is 2.17 bits per heavy atom. The molecule has 0 aliphatic carbocycles. The summed E-state index contributed by atoms with van der Waals surface area (Å²) in [6.45, 7) is 4.81. The first-order valence-corrected chi connectivity index (χ1v) is 6.08. The van der Waals surface area contributed by atoms with Gasteiger partial charge in [-0.15, -0.1) is 0 Å². The van der Waals surface area contributed by atoms with Crippen molar-refractivity contribution in [1.82, 2.24) is 9.80 Å². The normalized spacial score (nSPS) is 19.6. The lowest BCUT2D eigenvalue weighted by Crippen LogP contribution is -2.26. The van der Waals surface area contributed by atoms with E-state index in [1.807, 2.05) is 27.9 Å². The summed E-state index contributed by atoms with van der Waals surface area (Å²) in [7, 11) is 5.38. The quantitative estimate of drug-likeness (QED) is 0.805. The summed E-state index contributed by atoms with van der Waals surface area (Å²) in [6.07, 6.45) is 0. The van der Waals surface area contributed by atoms with Crippen molar-refractivity contribution in [3.05, 3.63) is 28.8 Å². The third-order valence-electron chi connectivity index (χ3n) is 3.61. The van der Waals surface area contributed by atoms with Crippen LogP contribution in [0, 0.1) is 13.8 Å². The minimum absolute atomic E-state index is 0.0751. The van der Waals surface area contributed by atoms with Crippen molar-refractivity contribution in [1.29, 1.82) is 0 Å². The van der Waals surface area contributed by atoms with Crippen LogP contribution in [0.15, 0.2) is 12.1 Å². The zero-order chi connectivity index (χ0) is 13.4. The van der Waals surface area contributed by atoms with Crippen LogP contribution in [0.25, 0.3) is 0 Å². The average molecular weight is 248 g/mol. The van der Waals surface area contributed by atoms with Crippen molar-refractivity contribution in [2.24, 2.45) is 0 Å². The number of methoxy groups -OCH3 is 1. The van der Waals surface area contributed by atoms with Gasteiger partial charge in [-0.25, -0.2) is 4.79 Å². The van der Waals surface area contributed by atoms with E-state index in [-0.39, 0.29) is 12.1 Å². The molecule has 98 valence electrons. The fraction of sp³-hybridized carbons (Fsp3) is 0.500. The van der Waals surface area contributed by atoms with E-state index in [1.54, 1.807) is 16.9 Å². The molecule has 0 aromatic heterocycles. The molecule has 1 saturated heterocycles. The number of amides is 2. The second kappa shape index (κ2) is 4.52. The molecule has 0 bridgehead atoms. The number of carbonyl (C=O) groups excluding carboxylic acids is 1. The van der Waals surface area contributed by atoms with Gasteiger partial charge in [-0.3, -0.25) is 0 Å². The van der Waals surface area contributed by atoms with E-state index in [2.05, 4.69) is 12.1 Å². The molecule has 2 amide bonds. The van der Waals surface area contributed by atoms with Crippen LogP contribution < -0.4 is 4.74 Å². The van der Waals surface area contributed by atoms with E-state index >= 15 is 0 Å². The number of carbonyl (C=O) groups is 1. The lowest BCUT2D eigenvalue weighted by Gasteiger charge is -2.20. The summed E-state index contributed by atoms with van der Waals surface area (Å²) in [5, 5.41) is 0. The van der Waals surface area contributed by atoms with Gasteiger partial charge in [0.05, 0.1) is 13.2 Å². The summed E-state index contributed by atoms with van der Waals surface area (Å²) < 4.78 is 5.37. The van der Waals surface area contributed by atoms with E-state index in [9.17, 15) is 4.79 Å². The van der Waals surface area contributed by atoms with Gasteiger partial charge < -0.3 is 14.5 Å². The van der Waals surface area contributed by atoms with E-state index < -0.39 is 0 Å². The summed E-state index contributed by atoms with van der Waals surface area (Å²) in [5.74, 6) is 0.930. The lowest BCUT2D eigenvalue weighted by atomic mass is 10.00. The molecule has 4 nitrogen and oxygen atoms in total. The number of nitrogens with zero attached hydrogens (tertiary/aromatic N) is 2. The molecular weight excluding hydrogens is 228 g/mol. The summed E-state index contributed by atoms with van der Waals surface area (Å²) in [4.78, 5) is 15.4. The van der Waals surface area contributed by atoms with Crippen LogP contribution in [0.4, 0.5) is 4.79 Å². The third-order valence-corrected chi connectivity index (χ3v) is 3.61. The molecule has 1 aliphatic rings. The molecule has 1 aliphatic heterocycles. The molecule has 0 saturated carbocycles. The zero-order valence-corrected chi connectivity index (χ0v) is 11.7. The number of hydrogen-bond donors (Lipinski definition) is 0. The molecule has 4 heteroatoms. The summed E-state index contributed by atoms with van der Waals surface area (Å²) in [6, 6.07) is 4.43. The second-order valence-corrected chi connectivity index (χ2v) is 4.98. The predicted molar refractivity (Wildman–Crippen MR) is 71.0 cm³/mol. The first-order chi connectivity index (χ1) is 8.45. The van der Waals surface area contributed by atoms with Gasteiger partial charge in [0.25, 0.3) is 0 Å². The van der Waals surface area contributed by atoms with Crippen molar-refractivity contribution in [2.75, 3.05) is 27.7 Å². The monoisotopic (exact) mass is 248 g/mol. The minimum Gasteiger partial charge on any atom is -0.496 e. The molecule has 1 aromatic carbocycles. The summed E-state index contributed by atoms with van der Waals surface area (Å²) in [5.41, 5.74) is 3.40. The maximum absolute atomic E-state index is 11.8. The predicted octanol–water partition coefficient (Wildman–Crippen LogP) is 2.35. The first kappa shape index (κ1) is 12.7. The molecule has 1 fully saturated rings. The van der Waals surface area contributed by atoms with Crippen molar-refractivity contribution in [3.8, 4) is 5.75 Å². The topological polar surface area (TPSA) is 32.8 Å². The van der Waals surface area contributed by atoms with Gasteiger partial charge >= 0.3 is 6.03 Å². The molecule has 18 heavy (non-hydrogen) atoms. The Labute approximate surface area is 108 Å². The van der Waals surface area contributed by atoms with Crippen molar-refractivity contribution < 1.29 is 9.53 Å². The van der Waals surface area contributed by atoms with Crippen LogP contribution in [0.2, 0.25) is 0 Å². The Hall–Kier alpha value is -1.71. The molecule has 0 radical (unpaired) electrons. The molecule has 2 rings (SSSR count). The minimum atomic E-state index is 0.0751. The first-order valence-electron chi connectivity index (χ1n) is 6.08. The lowest BCUT2D eigenvalue weighted by molar-refractivity contribution is 0.201. The van der Waals surface area contributed by atoms with Crippen LogP contribution in [0.3, 0.4) is 0 Å². The number of hydrogen-bond acceptors (Lipinski definition) is 2. The standard InChI is InChI=1S/C14H20N2O2/c1-9-6-11(7-10(2)13(9)18-5)12-8-15(3)14(17)16(12)4/h6-7,12H,8H2,1-5H3. The van der Waals surface area contributed by atoms with Gasteiger partial charge in [0, 0.05) is 20.6 Å². The van der Waals surface area contributed by atoms with Crippen LogP contribution in [0.5, 0.6) is 5.75 Å². The van der Waals surface area contributed by atoms with Gasteiger partial charge in [-0.05, 0) is 30.5 Å². The van der Waals surface area contributed by atoms with Gasteiger partial charge in [-0.1, -0.05) is 12.1 Å². The Bertz CT molecular complexity index is 462. The van der Waals surface area contributed by atoms with Gasteiger partial charge in [-0.2, -0.15) is 0 Å². The van der Waals surface area contributed by atoms with Crippen LogP contribution in [-0.4, -0.2) is 43.6 Å². The molecule has 1 unspecified atom stereocenters. The van der Waals surface area contributed by atoms with Gasteiger partial charge in [0.2, 0.25) is 0 Å². The highest BCUT2D eigenvalue weighted by molar-refractivity contribution is 5.77. The average Bonchev–Trinajstić information content (AvgIpc) is 2.56. The van der Waals surface area contributed by atoms with Crippen LogP contribution >= 0.6 is 0 Å². The number of benzene rings is 1. The fourth-order valence-electron chi connectivity index (χ4n) is 2.69. The largest absolute Gasteiger partial charge is 0.496 e. The fourth-order valence-corrected chi connectivity index (χ4v) is 2.69. The highest BCUT2D eigenvalue weighted by Crippen LogP contribution is 2.32. The molecular formula is C14H20N2O2. The molecule has 1 heterocycles.